The first-order valence-corrected chi connectivity index (χ1v) is 7.18. The van der Waals surface area contributed by atoms with Gasteiger partial charge in [0, 0.05) is 37.1 Å². The van der Waals surface area contributed by atoms with Crippen LogP contribution >= 0.6 is 0 Å². The van der Waals surface area contributed by atoms with Gasteiger partial charge in [-0.15, -0.1) is 0 Å². The average Bonchev–Trinajstić information content (AvgIpc) is 2.81. The molecule has 21 heavy (non-hydrogen) atoms. The second kappa shape index (κ2) is 5.50. The number of carbonyl (C=O) groups excluding carboxylic acids is 1. The van der Waals surface area contributed by atoms with Crippen LogP contribution in [0.4, 0.5) is 0 Å². The van der Waals surface area contributed by atoms with Crippen LogP contribution < -0.4 is 0 Å². The molecular weight excluding hydrogens is 268 g/mol. The predicted molar refractivity (Wildman–Crippen MR) is 80.4 cm³/mol. The molecule has 112 valence electrons. The van der Waals surface area contributed by atoms with Crippen molar-refractivity contribution < 1.29 is 14.6 Å². The molecule has 1 aliphatic rings. The Bertz CT molecular complexity index is 690. The average molecular weight is 288 g/mol. The van der Waals surface area contributed by atoms with Crippen molar-refractivity contribution in [1.82, 2.24) is 9.47 Å². The van der Waals surface area contributed by atoms with E-state index in [9.17, 15) is 9.90 Å². The van der Waals surface area contributed by atoms with Crippen molar-refractivity contribution in [2.45, 2.75) is 19.5 Å². The highest BCUT2D eigenvalue weighted by Crippen LogP contribution is 2.32. The molecule has 0 saturated carbocycles. The molecular formula is C16H20N2O3. The van der Waals surface area contributed by atoms with Crippen LogP contribution in [0.15, 0.2) is 18.2 Å². The number of hydrogen-bond donors (Lipinski definition) is 1. The van der Waals surface area contributed by atoms with E-state index in [0.717, 1.165) is 30.4 Å². The second-order valence-corrected chi connectivity index (χ2v) is 5.48. The van der Waals surface area contributed by atoms with Gasteiger partial charge < -0.3 is 19.3 Å². The highest BCUT2D eigenvalue weighted by molar-refractivity contribution is 6.04. The smallest absolute Gasteiger partial charge is 0.340 e. The van der Waals surface area contributed by atoms with E-state index < -0.39 is 0 Å². The maximum atomic E-state index is 12.1. The minimum Gasteiger partial charge on any atom is -0.465 e. The molecule has 0 fully saturated rings. The van der Waals surface area contributed by atoms with Gasteiger partial charge in [0.2, 0.25) is 0 Å². The van der Waals surface area contributed by atoms with Gasteiger partial charge in [0.1, 0.15) is 0 Å². The van der Waals surface area contributed by atoms with Crippen LogP contribution in [0.2, 0.25) is 0 Å². The van der Waals surface area contributed by atoms with E-state index in [1.54, 1.807) is 6.07 Å². The van der Waals surface area contributed by atoms with Gasteiger partial charge in [-0.25, -0.2) is 4.79 Å². The molecule has 0 saturated heterocycles. The van der Waals surface area contributed by atoms with Crippen LogP contribution in [-0.2, 0) is 24.2 Å². The summed E-state index contributed by atoms with van der Waals surface area (Å²) in [6.07, 6.45) is 0.932. The van der Waals surface area contributed by atoms with Gasteiger partial charge in [-0.3, -0.25) is 0 Å². The van der Waals surface area contributed by atoms with Gasteiger partial charge in [-0.1, -0.05) is 12.1 Å². The summed E-state index contributed by atoms with van der Waals surface area (Å²) in [6.45, 7) is 2.42. The van der Waals surface area contributed by atoms with Crippen LogP contribution in [0.25, 0.3) is 10.9 Å². The molecule has 1 N–H and O–H groups in total. The number of methoxy groups -OCH3 is 1. The molecule has 1 aromatic heterocycles. The number of carbonyl (C=O) groups is 1. The summed E-state index contributed by atoms with van der Waals surface area (Å²) in [6, 6.07) is 5.73. The fourth-order valence-corrected chi connectivity index (χ4v) is 3.26. The predicted octanol–water partition coefficient (Wildman–Crippen LogP) is 1.41. The number of likely N-dealkylation sites (N-methyl/N-ethyl adjacent to an activating group) is 1. The van der Waals surface area contributed by atoms with Crippen molar-refractivity contribution in [3.8, 4) is 0 Å². The van der Waals surface area contributed by atoms with Gasteiger partial charge in [0.05, 0.1) is 24.8 Å². The lowest BCUT2D eigenvalue weighted by atomic mass is 10.0. The lowest BCUT2D eigenvalue weighted by Crippen LogP contribution is -2.27. The molecule has 5 heteroatoms. The van der Waals surface area contributed by atoms with E-state index in [1.165, 1.54) is 18.4 Å². The number of rotatable bonds is 3. The molecule has 0 atom stereocenters. The largest absolute Gasteiger partial charge is 0.465 e. The molecule has 0 bridgehead atoms. The maximum Gasteiger partial charge on any atom is 0.340 e. The van der Waals surface area contributed by atoms with Gasteiger partial charge in [0.25, 0.3) is 0 Å². The zero-order valence-corrected chi connectivity index (χ0v) is 12.4. The number of hydrogen-bond acceptors (Lipinski definition) is 4. The van der Waals surface area contributed by atoms with E-state index >= 15 is 0 Å². The Labute approximate surface area is 123 Å². The topological polar surface area (TPSA) is 54.7 Å². The molecule has 0 spiro atoms. The Morgan fingerprint density at radius 2 is 2.24 bits per heavy atom. The summed E-state index contributed by atoms with van der Waals surface area (Å²) in [5.74, 6) is -0.331. The number of aliphatic hydroxyl groups excluding tert-OH is 1. The van der Waals surface area contributed by atoms with Crippen molar-refractivity contribution in [1.29, 1.82) is 0 Å². The zero-order valence-electron chi connectivity index (χ0n) is 12.4. The van der Waals surface area contributed by atoms with Crippen LogP contribution in [0, 0.1) is 0 Å². The van der Waals surface area contributed by atoms with Crippen molar-refractivity contribution in [2.75, 3.05) is 27.3 Å². The number of esters is 1. The van der Waals surface area contributed by atoms with Crippen molar-refractivity contribution >= 4 is 16.9 Å². The third-order valence-corrected chi connectivity index (χ3v) is 4.19. The Hall–Kier alpha value is -1.85. The minimum absolute atomic E-state index is 0.0571. The summed E-state index contributed by atoms with van der Waals surface area (Å²) in [5.41, 5.74) is 3.95. The Kier molecular flexibility index (Phi) is 3.69. The fraction of sp³-hybridized carbons (Fsp3) is 0.438. The van der Waals surface area contributed by atoms with Crippen LogP contribution in [0.1, 0.15) is 21.6 Å². The second-order valence-electron chi connectivity index (χ2n) is 5.48. The highest BCUT2D eigenvalue weighted by Gasteiger charge is 2.25. The van der Waals surface area contributed by atoms with E-state index in [2.05, 4.69) is 16.5 Å². The lowest BCUT2D eigenvalue weighted by Gasteiger charge is -2.24. The van der Waals surface area contributed by atoms with Crippen LogP contribution in [-0.4, -0.2) is 47.9 Å². The molecule has 0 amide bonds. The fourth-order valence-electron chi connectivity index (χ4n) is 3.26. The SMILES string of the molecule is COC(=O)c1cccc2c3c(n(CCO)c12)CCN(C)C3. The zero-order chi connectivity index (χ0) is 15.0. The Morgan fingerprint density at radius 1 is 1.43 bits per heavy atom. The minimum atomic E-state index is -0.331. The normalized spacial score (nSPS) is 15.2. The number of aromatic nitrogens is 1. The molecule has 2 heterocycles. The quantitative estimate of drug-likeness (QED) is 0.868. The summed E-state index contributed by atoms with van der Waals surface area (Å²) in [4.78, 5) is 14.3. The Morgan fingerprint density at radius 3 is 2.95 bits per heavy atom. The van der Waals surface area contributed by atoms with Gasteiger partial charge in [-0.05, 0) is 18.7 Å². The highest BCUT2D eigenvalue weighted by atomic mass is 16.5. The standard InChI is InChI=1S/C16H20N2O3/c1-17-7-6-14-13(10-17)11-4-3-5-12(16(20)21-2)15(11)18(14)8-9-19/h3-5,19H,6-10H2,1-2H3. The molecule has 1 aromatic carbocycles. The number of benzene rings is 1. The molecule has 1 aliphatic heterocycles. The van der Waals surface area contributed by atoms with Crippen LogP contribution in [0.3, 0.4) is 0 Å². The third-order valence-electron chi connectivity index (χ3n) is 4.19. The van der Waals surface area contributed by atoms with Gasteiger partial charge in [-0.2, -0.15) is 0 Å². The maximum absolute atomic E-state index is 12.1. The summed E-state index contributed by atoms with van der Waals surface area (Å²) < 4.78 is 6.99. The van der Waals surface area contributed by atoms with E-state index in [4.69, 9.17) is 4.74 Å². The van der Waals surface area contributed by atoms with Crippen LogP contribution in [0.5, 0.6) is 0 Å². The van der Waals surface area contributed by atoms with Crippen molar-refractivity contribution in [3.63, 3.8) is 0 Å². The molecule has 0 radical (unpaired) electrons. The van der Waals surface area contributed by atoms with E-state index in [-0.39, 0.29) is 12.6 Å². The molecule has 0 unspecified atom stereocenters. The molecule has 5 nitrogen and oxygen atoms in total. The lowest BCUT2D eigenvalue weighted by molar-refractivity contribution is 0.0602. The first-order chi connectivity index (χ1) is 10.2. The van der Waals surface area contributed by atoms with Gasteiger partial charge in [0.15, 0.2) is 0 Å². The van der Waals surface area contributed by atoms with Gasteiger partial charge >= 0.3 is 5.97 Å². The number of nitrogens with zero attached hydrogens (tertiary/aromatic N) is 2. The Balaban J connectivity index is 2.31. The number of aliphatic hydroxyl groups is 1. The van der Waals surface area contributed by atoms with Crippen molar-refractivity contribution in [2.24, 2.45) is 0 Å². The summed E-state index contributed by atoms with van der Waals surface area (Å²) in [5, 5.41) is 10.5. The number of fused-ring (bicyclic) bond motifs is 3. The molecule has 3 rings (SSSR count). The molecule has 0 aliphatic carbocycles. The van der Waals surface area contributed by atoms with E-state index in [0.29, 0.717) is 12.1 Å². The monoisotopic (exact) mass is 288 g/mol. The first kappa shape index (κ1) is 14.1. The van der Waals surface area contributed by atoms with Crippen molar-refractivity contribution in [3.05, 3.63) is 35.0 Å². The summed E-state index contributed by atoms with van der Waals surface area (Å²) in [7, 11) is 3.50. The van der Waals surface area contributed by atoms with E-state index in [1.807, 2.05) is 12.1 Å². The first-order valence-electron chi connectivity index (χ1n) is 7.18. The number of ether oxygens (including phenoxy) is 1. The number of para-hydroxylation sites is 1. The third kappa shape index (κ3) is 2.22. The molecule has 2 aromatic rings. The summed E-state index contributed by atoms with van der Waals surface area (Å²) >= 11 is 0.